The fraction of sp³-hybridized carbons (Fsp3) is 0.214. The Morgan fingerprint density at radius 3 is 2.80 bits per heavy atom. The van der Waals surface area contributed by atoms with E-state index in [0.29, 0.717) is 29.0 Å². The Balaban J connectivity index is 1.95. The fourth-order valence-corrected chi connectivity index (χ4v) is 2.73. The zero-order chi connectivity index (χ0) is 14.3. The Labute approximate surface area is 126 Å². The predicted octanol–water partition coefficient (Wildman–Crippen LogP) is 3.18. The van der Waals surface area contributed by atoms with E-state index in [4.69, 9.17) is 23.2 Å². The highest BCUT2D eigenvalue weighted by atomic mass is 35.5. The van der Waals surface area contributed by atoms with Crippen LogP contribution in [0.3, 0.4) is 0 Å². The van der Waals surface area contributed by atoms with Crippen molar-refractivity contribution >= 4 is 34.8 Å². The van der Waals surface area contributed by atoms with Gasteiger partial charge < -0.3 is 4.90 Å². The molecule has 0 fully saturated rings. The molecular formula is C14H11Cl2N3O. The molecule has 1 aromatic carbocycles. The number of halogens is 2. The van der Waals surface area contributed by atoms with Gasteiger partial charge in [-0.05, 0) is 30.7 Å². The lowest BCUT2D eigenvalue weighted by atomic mass is 10.2. The SMILES string of the molecule is Cc1cc(Cl)nc(CN2C(=O)Cc3ccc(Cl)cc32)n1. The molecule has 2 heterocycles. The van der Waals surface area contributed by atoms with Crippen molar-refractivity contribution < 1.29 is 4.79 Å². The van der Waals surface area contributed by atoms with E-state index in [0.717, 1.165) is 16.9 Å². The Bertz CT molecular complexity index is 683. The van der Waals surface area contributed by atoms with Gasteiger partial charge in [0.05, 0.1) is 13.0 Å². The number of rotatable bonds is 2. The summed E-state index contributed by atoms with van der Waals surface area (Å²) in [6.45, 7) is 2.14. The molecule has 20 heavy (non-hydrogen) atoms. The van der Waals surface area contributed by atoms with E-state index >= 15 is 0 Å². The van der Waals surface area contributed by atoms with Gasteiger partial charge in [0.25, 0.3) is 0 Å². The van der Waals surface area contributed by atoms with Crippen LogP contribution < -0.4 is 4.90 Å². The minimum Gasteiger partial charge on any atom is -0.304 e. The maximum Gasteiger partial charge on any atom is 0.231 e. The number of anilines is 1. The van der Waals surface area contributed by atoms with Gasteiger partial charge in [-0.2, -0.15) is 0 Å². The highest BCUT2D eigenvalue weighted by molar-refractivity contribution is 6.31. The molecule has 3 rings (SSSR count). The number of hydrogen-bond donors (Lipinski definition) is 0. The lowest BCUT2D eigenvalue weighted by Gasteiger charge is -2.17. The quantitative estimate of drug-likeness (QED) is 0.801. The standard InChI is InChI=1S/C14H11Cl2N3O/c1-8-4-12(16)18-13(17-8)7-19-11-6-10(15)3-2-9(11)5-14(19)20/h2-4,6H,5,7H2,1H3. The topological polar surface area (TPSA) is 46.1 Å². The third-order valence-electron chi connectivity index (χ3n) is 3.15. The van der Waals surface area contributed by atoms with Gasteiger partial charge in [-0.25, -0.2) is 9.97 Å². The second-order valence-electron chi connectivity index (χ2n) is 4.68. The van der Waals surface area contributed by atoms with E-state index in [1.807, 2.05) is 13.0 Å². The van der Waals surface area contributed by atoms with Gasteiger partial charge in [0.2, 0.25) is 5.91 Å². The number of aryl methyl sites for hydroxylation is 1. The highest BCUT2D eigenvalue weighted by Crippen LogP contribution is 2.32. The van der Waals surface area contributed by atoms with E-state index in [2.05, 4.69) is 9.97 Å². The van der Waals surface area contributed by atoms with Crippen molar-refractivity contribution in [3.63, 3.8) is 0 Å². The molecule has 0 unspecified atom stereocenters. The smallest absolute Gasteiger partial charge is 0.231 e. The minimum absolute atomic E-state index is 0.0171. The van der Waals surface area contributed by atoms with Gasteiger partial charge >= 0.3 is 0 Å². The summed E-state index contributed by atoms with van der Waals surface area (Å²) < 4.78 is 0. The van der Waals surface area contributed by atoms with Gasteiger partial charge in [0.1, 0.15) is 11.0 Å². The second-order valence-corrected chi connectivity index (χ2v) is 5.50. The number of amides is 1. The molecule has 2 aromatic rings. The van der Waals surface area contributed by atoms with Crippen LogP contribution in [0.4, 0.5) is 5.69 Å². The van der Waals surface area contributed by atoms with Crippen molar-refractivity contribution in [2.24, 2.45) is 0 Å². The zero-order valence-electron chi connectivity index (χ0n) is 10.7. The van der Waals surface area contributed by atoms with Crippen molar-refractivity contribution in [2.75, 3.05) is 4.90 Å². The van der Waals surface area contributed by atoms with Crippen LogP contribution in [0.5, 0.6) is 0 Å². The first-order valence-electron chi connectivity index (χ1n) is 6.12. The number of carbonyl (C=O) groups is 1. The van der Waals surface area contributed by atoms with E-state index in [1.165, 1.54) is 0 Å². The van der Waals surface area contributed by atoms with Crippen LogP contribution in [0.15, 0.2) is 24.3 Å². The summed E-state index contributed by atoms with van der Waals surface area (Å²) in [5, 5.41) is 0.983. The lowest BCUT2D eigenvalue weighted by molar-refractivity contribution is -0.117. The molecule has 0 N–H and O–H groups in total. The second kappa shape index (κ2) is 5.04. The van der Waals surface area contributed by atoms with Gasteiger partial charge in [-0.15, -0.1) is 0 Å². The van der Waals surface area contributed by atoms with Crippen molar-refractivity contribution in [3.05, 3.63) is 51.5 Å². The van der Waals surface area contributed by atoms with Gasteiger partial charge in [0, 0.05) is 16.4 Å². The maximum absolute atomic E-state index is 12.1. The maximum atomic E-state index is 12.1. The number of nitrogens with zero attached hydrogens (tertiary/aromatic N) is 3. The molecule has 0 saturated carbocycles. The number of carbonyl (C=O) groups excluding carboxylic acids is 1. The summed E-state index contributed by atoms with van der Waals surface area (Å²) in [6, 6.07) is 7.14. The van der Waals surface area contributed by atoms with Crippen LogP contribution in [0, 0.1) is 6.92 Å². The van der Waals surface area contributed by atoms with Crippen LogP contribution in [0.2, 0.25) is 10.2 Å². The van der Waals surface area contributed by atoms with Gasteiger partial charge in [0.15, 0.2) is 0 Å². The Morgan fingerprint density at radius 2 is 2.05 bits per heavy atom. The number of hydrogen-bond acceptors (Lipinski definition) is 3. The molecule has 0 saturated heterocycles. The third kappa shape index (κ3) is 2.49. The molecule has 1 amide bonds. The molecular weight excluding hydrogens is 297 g/mol. The van der Waals surface area contributed by atoms with E-state index < -0.39 is 0 Å². The molecule has 0 aliphatic carbocycles. The van der Waals surface area contributed by atoms with Crippen LogP contribution in [-0.4, -0.2) is 15.9 Å². The molecule has 0 radical (unpaired) electrons. The number of benzene rings is 1. The number of aromatic nitrogens is 2. The normalized spacial score (nSPS) is 13.8. The minimum atomic E-state index is 0.0171. The number of fused-ring (bicyclic) bond motifs is 1. The van der Waals surface area contributed by atoms with Gasteiger partial charge in [-0.1, -0.05) is 29.3 Å². The summed E-state index contributed by atoms with van der Waals surface area (Å²) in [5.74, 6) is 0.541. The molecule has 1 aliphatic rings. The van der Waals surface area contributed by atoms with Crippen molar-refractivity contribution in [3.8, 4) is 0 Å². The summed E-state index contributed by atoms with van der Waals surface area (Å²) in [5.41, 5.74) is 2.57. The monoisotopic (exact) mass is 307 g/mol. The van der Waals surface area contributed by atoms with E-state index in [1.54, 1.807) is 23.1 Å². The summed E-state index contributed by atoms with van der Waals surface area (Å²) in [7, 11) is 0. The first kappa shape index (κ1) is 13.3. The molecule has 1 aromatic heterocycles. The fourth-order valence-electron chi connectivity index (χ4n) is 2.30. The summed E-state index contributed by atoms with van der Waals surface area (Å²) >= 11 is 11.9. The Morgan fingerprint density at radius 1 is 1.25 bits per heavy atom. The van der Waals surface area contributed by atoms with E-state index in [-0.39, 0.29) is 5.91 Å². The van der Waals surface area contributed by atoms with Crippen LogP contribution >= 0.6 is 23.2 Å². The molecule has 1 aliphatic heterocycles. The van der Waals surface area contributed by atoms with Gasteiger partial charge in [-0.3, -0.25) is 4.79 Å². The van der Waals surface area contributed by atoms with E-state index in [9.17, 15) is 4.79 Å². The molecule has 0 spiro atoms. The average Bonchev–Trinajstić information content (AvgIpc) is 2.65. The summed E-state index contributed by atoms with van der Waals surface area (Å²) in [4.78, 5) is 22.2. The summed E-state index contributed by atoms with van der Waals surface area (Å²) in [6.07, 6.45) is 0.381. The van der Waals surface area contributed by atoms with Crippen molar-refractivity contribution in [1.82, 2.24) is 9.97 Å². The molecule has 102 valence electrons. The molecule has 6 heteroatoms. The Hall–Kier alpha value is -1.65. The molecule has 0 atom stereocenters. The molecule has 4 nitrogen and oxygen atoms in total. The lowest BCUT2D eigenvalue weighted by Crippen LogP contribution is -2.27. The highest BCUT2D eigenvalue weighted by Gasteiger charge is 2.28. The first-order chi connectivity index (χ1) is 9.52. The van der Waals surface area contributed by atoms with Crippen LogP contribution in [-0.2, 0) is 17.8 Å². The Kier molecular flexibility index (Phi) is 3.36. The average molecular weight is 308 g/mol. The zero-order valence-corrected chi connectivity index (χ0v) is 12.2. The van der Waals surface area contributed by atoms with Crippen molar-refractivity contribution in [2.45, 2.75) is 19.9 Å². The van der Waals surface area contributed by atoms with Crippen molar-refractivity contribution in [1.29, 1.82) is 0 Å². The largest absolute Gasteiger partial charge is 0.304 e. The first-order valence-corrected chi connectivity index (χ1v) is 6.87. The van der Waals surface area contributed by atoms with Crippen LogP contribution in [0.1, 0.15) is 17.1 Å². The molecule has 0 bridgehead atoms. The van der Waals surface area contributed by atoms with Crippen LogP contribution in [0.25, 0.3) is 0 Å². The third-order valence-corrected chi connectivity index (χ3v) is 3.58. The predicted molar refractivity (Wildman–Crippen MR) is 78.1 cm³/mol.